The smallest absolute Gasteiger partial charge is 0.168 e. The number of likely N-dealkylation sites (tertiary alicyclic amines) is 1. The average Bonchev–Trinajstić information content (AvgIpc) is 2.64. The van der Waals surface area contributed by atoms with Crippen molar-refractivity contribution in [3.8, 4) is 0 Å². The molecule has 1 unspecified atom stereocenters. The molecule has 1 aliphatic heterocycles. The van der Waals surface area contributed by atoms with Gasteiger partial charge in [-0.25, -0.2) is 0 Å². The Labute approximate surface area is 104 Å². The Morgan fingerprint density at radius 1 is 1.62 bits per heavy atom. The summed E-state index contributed by atoms with van der Waals surface area (Å²) >= 11 is 5.30. The van der Waals surface area contributed by atoms with Crippen molar-refractivity contribution in [1.29, 1.82) is 0 Å². The molecule has 0 aromatic carbocycles. The number of hydrogen-bond acceptors (Lipinski definition) is 3. The van der Waals surface area contributed by atoms with E-state index in [0.717, 1.165) is 18.2 Å². The van der Waals surface area contributed by atoms with Crippen molar-refractivity contribution in [3.05, 3.63) is 0 Å². The lowest BCUT2D eigenvalue weighted by molar-refractivity contribution is 0.202. The van der Waals surface area contributed by atoms with Crippen LogP contribution in [0.1, 0.15) is 12.8 Å². The molecule has 0 aliphatic carbocycles. The van der Waals surface area contributed by atoms with E-state index >= 15 is 0 Å². The van der Waals surface area contributed by atoms with Crippen LogP contribution in [0.15, 0.2) is 0 Å². The summed E-state index contributed by atoms with van der Waals surface area (Å²) < 4.78 is 4.97. The number of methoxy groups -OCH3 is 1. The van der Waals surface area contributed by atoms with Crippen LogP contribution in [0.4, 0.5) is 0 Å². The van der Waals surface area contributed by atoms with Gasteiger partial charge in [-0.3, -0.25) is 0 Å². The van der Waals surface area contributed by atoms with Gasteiger partial charge in [0.05, 0.1) is 6.61 Å². The topological polar surface area (TPSA) is 27.7 Å². The molecule has 1 N–H and O–H groups in total. The largest absolute Gasteiger partial charge is 0.383 e. The van der Waals surface area contributed by atoms with Crippen molar-refractivity contribution in [2.24, 2.45) is 0 Å². The molecule has 1 fully saturated rings. The molecular formula is C11H23N3OS. The van der Waals surface area contributed by atoms with Gasteiger partial charge in [-0.1, -0.05) is 0 Å². The van der Waals surface area contributed by atoms with Crippen LogP contribution in [0, 0.1) is 0 Å². The number of thiocarbonyl (C=S) groups is 1. The van der Waals surface area contributed by atoms with E-state index in [2.05, 4.69) is 22.2 Å². The Morgan fingerprint density at radius 3 is 2.94 bits per heavy atom. The van der Waals surface area contributed by atoms with Gasteiger partial charge in [0.15, 0.2) is 5.11 Å². The SMILES string of the molecule is COCCNC(=S)N(C)CC1CCCN1C. The highest BCUT2D eigenvalue weighted by atomic mass is 32.1. The van der Waals surface area contributed by atoms with Crippen LogP contribution in [0.2, 0.25) is 0 Å². The molecule has 94 valence electrons. The van der Waals surface area contributed by atoms with Gasteiger partial charge < -0.3 is 19.9 Å². The maximum atomic E-state index is 5.30. The third-order valence-corrected chi connectivity index (χ3v) is 3.54. The summed E-state index contributed by atoms with van der Waals surface area (Å²) in [6.07, 6.45) is 2.58. The van der Waals surface area contributed by atoms with Gasteiger partial charge in [-0.2, -0.15) is 0 Å². The zero-order chi connectivity index (χ0) is 12.0. The van der Waals surface area contributed by atoms with E-state index in [0.29, 0.717) is 12.6 Å². The molecule has 0 radical (unpaired) electrons. The molecule has 0 aromatic rings. The maximum absolute atomic E-state index is 5.30. The molecule has 1 rings (SSSR count). The van der Waals surface area contributed by atoms with Crippen molar-refractivity contribution >= 4 is 17.3 Å². The van der Waals surface area contributed by atoms with Gasteiger partial charge in [-0.15, -0.1) is 0 Å². The predicted octanol–water partition coefficient (Wildman–Crippen LogP) is 0.533. The summed E-state index contributed by atoms with van der Waals surface area (Å²) in [6, 6.07) is 0.646. The minimum absolute atomic E-state index is 0.646. The van der Waals surface area contributed by atoms with Crippen LogP contribution in [-0.4, -0.2) is 68.4 Å². The van der Waals surface area contributed by atoms with E-state index in [4.69, 9.17) is 17.0 Å². The lowest BCUT2D eigenvalue weighted by atomic mass is 10.2. The van der Waals surface area contributed by atoms with Crippen LogP contribution in [0.25, 0.3) is 0 Å². The maximum Gasteiger partial charge on any atom is 0.168 e. The fraction of sp³-hybridized carbons (Fsp3) is 0.909. The number of likely N-dealkylation sites (N-methyl/N-ethyl adjacent to an activating group) is 2. The van der Waals surface area contributed by atoms with E-state index < -0.39 is 0 Å². The minimum Gasteiger partial charge on any atom is -0.383 e. The molecule has 0 amide bonds. The quantitative estimate of drug-likeness (QED) is 0.563. The Morgan fingerprint density at radius 2 is 2.38 bits per heavy atom. The molecule has 4 nitrogen and oxygen atoms in total. The first-order valence-electron chi connectivity index (χ1n) is 5.83. The second-order valence-corrected chi connectivity index (χ2v) is 4.77. The van der Waals surface area contributed by atoms with Crippen LogP contribution >= 0.6 is 12.2 Å². The first-order valence-corrected chi connectivity index (χ1v) is 6.24. The third kappa shape index (κ3) is 4.23. The van der Waals surface area contributed by atoms with E-state index in [9.17, 15) is 0 Å². The molecule has 0 bridgehead atoms. The first kappa shape index (κ1) is 13.7. The fourth-order valence-electron chi connectivity index (χ4n) is 2.00. The Kier molecular flexibility index (Phi) is 6.01. The van der Waals surface area contributed by atoms with Crippen LogP contribution in [0.3, 0.4) is 0 Å². The zero-order valence-electron chi connectivity index (χ0n) is 10.5. The van der Waals surface area contributed by atoms with Gasteiger partial charge in [0.2, 0.25) is 0 Å². The van der Waals surface area contributed by atoms with Crippen molar-refractivity contribution < 1.29 is 4.74 Å². The van der Waals surface area contributed by atoms with Crippen molar-refractivity contribution in [2.45, 2.75) is 18.9 Å². The van der Waals surface area contributed by atoms with Crippen LogP contribution in [-0.2, 0) is 4.74 Å². The summed E-state index contributed by atoms with van der Waals surface area (Å²) in [5.74, 6) is 0. The molecular weight excluding hydrogens is 222 g/mol. The standard InChI is InChI=1S/C11H23N3OS/c1-13-7-4-5-10(13)9-14(2)11(16)12-6-8-15-3/h10H,4-9H2,1-3H3,(H,12,16). The van der Waals surface area contributed by atoms with Gasteiger partial charge >= 0.3 is 0 Å². The molecule has 16 heavy (non-hydrogen) atoms. The molecule has 0 aromatic heterocycles. The Bertz CT molecular complexity index is 225. The van der Waals surface area contributed by atoms with Gasteiger partial charge in [0.1, 0.15) is 0 Å². The van der Waals surface area contributed by atoms with Gasteiger partial charge in [0.25, 0.3) is 0 Å². The van der Waals surface area contributed by atoms with Crippen molar-refractivity contribution in [1.82, 2.24) is 15.1 Å². The van der Waals surface area contributed by atoms with Gasteiger partial charge in [0, 0.05) is 33.3 Å². The highest BCUT2D eigenvalue weighted by molar-refractivity contribution is 7.80. The summed E-state index contributed by atoms with van der Waals surface area (Å²) in [7, 11) is 5.93. The van der Waals surface area contributed by atoms with E-state index in [1.807, 2.05) is 7.05 Å². The molecule has 1 atom stereocenters. The fourth-order valence-corrected chi connectivity index (χ4v) is 2.18. The molecule has 1 saturated heterocycles. The van der Waals surface area contributed by atoms with E-state index in [-0.39, 0.29) is 0 Å². The lowest BCUT2D eigenvalue weighted by Gasteiger charge is -2.27. The predicted molar refractivity (Wildman–Crippen MR) is 70.8 cm³/mol. The monoisotopic (exact) mass is 245 g/mol. The molecule has 1 heterocycles. The molecule has 5 heteroatoms. The molecule has 0 spiro atoms. The second kappa shape index (κ2) is 7.04. The summed E-state index contributed by atoms with van der Waals surface area (Å²) in [5.41, 5.74) is 0. The Hall–Kier alpha value is -0.390. The van der Waals surface area contributed by atoms with Crippen molar-refractivity contribution in [3.63, 3.8) is 0 Å². The van der Waals surface area contributed by atoms with Crippen molar-refractivity contribution in [2.75, 3.05) is 47.4 Å². The summed E-state index contributed by atoms with van der Waals surface area (Å²) in [6.45, 7) is 3.69. The van der Waals surface area contributed by atoms with Crippen LogP contribution < -0.4 is 5.32 Å². The highest BCUT2D eigenvalue weighted by Gasteiger charge is 2.22. The Balaban J connectivity index is 2.22. The zero-order valence-corrected chi connectivity index (χ0v) is 11.3. The third-order valence-electron chi connectivity index (χ3n) is 3.09. The second-order valence-electron chi connectivity index (χ2n) is 4.38. The number of rotatable bonds is 5. The lowest BCUT2D eigenvalue weighted by Crippen LogP contribution is -2.44. The number of nitrogens with one attached hydrogen (secondary N) is 1. The minimum atomic E-state index is 0.646. The number of nitrogens with zero attached hydrogens (tertiary/aromatic N) is 2. The normalized spacial score (nSPS) is 21.1. The highest BCUT2D eigenvalue weighted by Crippen LogP contribution is 2.15. The van der Waals surface area contributed by atoms with E-state index in [1.54, 1.807) is 7.11 Å². The number of ether oxygens (including phenoxy) is 1. The van der Waals surface area contributed by atoms with E-state index in [1.165, 1.54) is 19.4 Å². The molecule has 1 aliphatic rings. The van der Waals surface area contributed by atoms with Crippen LogP contribution in [0.5, 0.6) is 0 Å². The average molecular weight is 245 g/mol. The molecule has 0 saturated carbocycles. The summed E-state index contributed by atoms with van der Waals surface area (Å²) in [5, 5.41) is 4.00. The van der Waals surface area contributed by atoms with Gasteiger partial charge in [-0.05, 0) is 38.7 Å². The summed E-state index contributed by atoms with van der Waals surface area (Å²) in [4.78, 5) is 4.53. The number of hydrogen-bond donors (Lipinski definition) is 1. The first-order chi connectivity index (χ1) is 7.65.